The maximum Gasteiger partial charge on any atom is 0.327 e. The van der Waals surface area contributed by atoms with E-state index >= 15 is 0 Å². The minimum absolute atomic E-state index is 0.118. The maximum atomic E-state index is 14.5. The Hall–Kier alpha value is -3.73. The van der Waals surface area contributed by atoms with Crippen LogP contribution in [0.25, 0.3) is 5.65 Å². The SMILES string of the molecule is CC[C@H]1CN(c2ccnc3c2CCN3C(=O)Nc2cn3cc(C)nc3cc2F)CCN1.O=CO. The predicted molar refractivity (Wildman–Crippen MR) is 127 cm³/mol. The first-order chi connectivity index (χ1) is 16.4. The molecule has 1 fully saturated rings. The average Bonchev–Trinajstić information content (AvgIpc) is 3.42. The molecule has 5 rings (SSSR count). The number of anilines is 3. The smallest absolute Gasteiger partial charge is 0.327 e. The van der Waals surface area contributed by atoms with Crippen LogP contribution in [0.3, 0.4) is 0 Å². The molecular weight excluding hydrogens is 441 g/mol. The third-order valence-electron chi connectivity index (χ3n) is 6.09. The highest BCUT2D eigenvalue weighted by Crippen LogP contribution is 2.34. The number of carbonyl (C=O) groups excluding carboxylic acids is 1. The second-order valence-electron chi connectivity index (χ2n) is 8.26. The number of aromatic nitrogens is 3. The Morgan fingerprint density at radius 2 is 2.18 bits per heavy atom. The summed E-state index contributed by atoms with van der Waals surface area (Å²) < 4.78 is 16.2. The van der Waals surface area contributed by atoms with E-state index in [-0.39, 0.29) is 18.2 Å². The second kappa shape index (κ2) is 10.0. The van der Waals surface area contributed by atoms with E-state index < -0.39 is 5.82 Å². The molecule has 34 heavy (non-hydrogen) atoms. The first-order valence-electron chi connectivity index (χ1n) is 11.2. The summed E-state index contributed by atoms with van der Waals surface area (Å²) in [4.78, 5) is 34.1. The van der Waals surface area contributed by atoms with Crippen molar-refractivity contribution in [3.8, 4) is 0 Å². The molecule has 10 nitrogen and oxygen atoms in total. The first-order valence-corrected chi connectivity index (χ1v) is 11.2. The Labute approximate surface area is 196 Å². The van der Waals surface area contributed by atoms with Crippen LogP contribution < -0.4 is 20.4 Å². The van der Waals surface area contributed by atoms with Crippen molar-refractivity contribution >= 4 is 35.3 Å². The molecule has 5 heterocycles. The number of carbonyl (C=O) groups is 2. The average molecular weight is 470 g/mol. The number of nitrogens with one attached hydrogen (secondary N) is 2. The molecule has 0 saturated carbocycles. The fourth-order valence-electron chi connectivity index (χ4n) is 4.50. The quantitative estimate of drug-likeness (QED) is 0.505. The lowest BCUT2D eigenvalue weighted by Crippen LogP contribution is -2.50. The molecule has 0 aliphatic carbocycles. The van der Waals surface area contributed by atoms with E-state index in [1.54, 1.807) is 27.9 Å². The van der Waals surface area contributed by atoms with E-state index in [1.807, 2.05) is 13.0 Å². The van der Waals surface area contributed by atoms with E-state index in [1.165, 1.54) is 6.07 Å². The van der Waals surface area contributed by atoms with E-state index in [9.17, 15) is 9.18 Å². The Morgan fingerprint density at radius 1 is 1.38 bits per heavy atom. The standard InChI is InChI=1S/C22H26FN7O.CH2O2/c1-3-15-12-28(9-7-24-15)19-4-6-25-21-16(19)5-8-30(21)22(31)27-18-13-29-11-14(2)26-20(29)10-17(18)23;2-1-3/h4,6,10-11,13,15,24H,3,5,7-9,12H2,1-2H3,(H,27,31);1H,(H,2,3)/t15-;/m0./s1. The zero-order chi connectivity index (χ0) is 24.2. The van der Waals surface area contributed by atoms with E-state index in [0.717, 1.165) is 49.4 Å². The minimum Gasteiger partial charge on any atom is -0.483 e. The monoisotopic (exact) mass is 469 g/mol. The van der Waals surface area contributed by atoms with Gasteiger partial charge >= 0.3 is 6.03 Å². The molecule has 3 N–H and O–H groups in total. The van der Waals surface area contributed by atoms with Gasteiger partial charge in [-0.25, -0.2) is 19.2 Å². The van der Waals surface area contributed by atoms with Crippen molar-refractivity contribution in [1.82, 2.24) is 19.7 Å². The number of imidazole rings is 1. The minimum atomic E-state index is -0.515. The van der Waals surface area contributed by atoms with Crippen molar-refractivity contribution in [3.05, 3.63) is 47.8 Å². The topological polar surface area (TPSA) is 115 Å². The molecule has 2 aliphatic heterocycles. The van der Waals surface area contributed by atoms with Crippen molar-refractivity contribution in [2.75, 3.05) is 41.3 Å². The van der Waals surface area contributed by atoms with Gasteiger partial charge in [0.1, 0.15) is 11.5 Å². The number of nitrogens with zero attached hydrogens (tertiary/aromatic N) is 5. The van der Waals surface area contributed by atoms with Gasteiger partial charge in [-0.05, 0) is 25.8 Å². The van der Waals surface area contributed by atoms with Crippen LogP contribution >= 0.6 is 0 Å². The number of halogens is 1. The number of aryl methyl sites for hydroxylation is 1. The van der Waals surface area contributed by atoms with Crippen LogP contribution in [0, 0.1) is 12.7 Å². The van der Waals surface area contributed by atoms with Crippen molar-refractivity contribution < 1.29 is 19.1 Å². The largest absolute Gasteiger partial charge is 0.483 e. The highest BCUT2D eigenvalue weighted by molar-refractivity contribution is 6.03. The molecule has 180 valence electrons. The molecule has 2 aliphatic rings. The summed E-state index contributed by atoms with van der Waals surface area (Å²) in [7, 11) is 0. The maximum absolute atomic E-state index is 14.5. The highest BCUT2D eigenvalue weighted by Gasteiger charge is 2.31. The summed E-state index contributed by atoms with van der Waals surface area (Å²) >= 11 is 0. The van der Waals surface area contributed by atoms with Crippen molar-refractivity contribution in [2.45, 2.75) is 32.7 Å². The number of hydrogen-bond donors (Lipinski definition) is 3. The van der Waals surface area contributed by atoms with Crippen molar-refractivity contribution in [2.24, 2.45) is 0 Å². The number of amides is 2. The lowest BCUT2D eigenvalue weighted by molar-refractivity contribution is -0.122. The Kier molecular flexibility index (Phi) is 6.92. The molecule has 0 aromatic carbocycles. The normalized spacial score (nSPS) is 17.2. The number of fused-ring (bicyclic) bond motifs is 2. The van der Waals surface area contributed by atoms with Gasteiger partial charge in [-0.15, -0.1) is 0 Å². The van der Waals surface area contributed by atoms with Crippen LogP contribution in [-0.2, 0) is 11.2 Å². The first kappa shape index (κ1) is 23.4. The van der Waals surface area contributed by atoms with Gasteiger partial charge in [0.25, 0.3) is 6.47 Å². The second-order valence-corrected chi connectivity index (χ2v) is 8.26. The zero-order valence-electron chi connectivity index (χ0n) is 19.2. The summed E-state index contributed by atoms with van der Waals surface area (Å²) in [5, 5.41) is 13.1. The lowest BCUT2D eigenvalue weighted by Gasteiger charge is -2.35. The van der Waals surface area contributed by atoms with Crippen LogP contribution in [0.2, 0.25) is 0 Å². The highest BCUT2D eigenvalue weighted by atomic mass is 19.1. The molecule has 1 atom stereocenters. The van der Waals surface area contributed by atoms with Crippen LogP contribution in [0.15, 0.2) is 30.7 Å². The van der Waals surface area contributed by atoms with Crippen LogP contribution in [0.1, 0.15) is 24.6 Å². The van der Waals surface area contributed by atoms with E-state index in [0.29, 0.717) is 24.1 Å². The predicted octanol–water partition coefficient (Wildman–Crippen LogP) is 2.66. The molecule has 3 aromatic rings. The lowest BCUT2D eigenvalue weighted by atomic mass is 10.1. The molecule has 0 unspecified atom stereocenters. The van der Waals surface area contributed by atoms with Crippen LogP contribution in [0.4, 0.5) is 26.4 Å². The number of urea groups is 1. The summed E-state index contributed by atoms with van der Waals surface area (Å²) in [6.07, 6.45) is 6.90. The van der Waals surface area contributed by atoms with Gasteiger partial charge < -0.3 is 25.0 Å². The molecular formula is C23H28FN7O3. The number of pyridine rings is 2. The molecule has 11 heteroatoms. The van der Waals surface area contributed by atoms with Gasteiger partial charge in [0.05, 0.1) is 11.4 Å². The number of rotatable bonds is 3. The van der Waals surface area contributed by atoms with Gasteiger partial charge in [0, 0.05) is 68.1 Å². The summed E-state index contributed by atoms with van der Waals surface area (Å²) in [6.45, 7) is 7.10. The van der Waals surface area contributed by atoms with Gasteiger partial charge in [0.2, 0.25) is 0 Å². The van der Waals surface area contributed by atoms with Gasteiger partial charge in [-0.3, -0.25) is 9.69 Å². The number of carboxylic acid groups (broad SMARTS) is 1. The molecule has 3 aromatic heterocycles. The van der Waals surface area contributed by atoms with Gasteiger partial charge in [-0.1, -0.05) is 6.92 Å². The van der Waals surface area contributed by atoms with Gasteiger partial charge in [0.15, 0.2) is 5.82 Å². The molecule has 0 bridgehead atoms. The third kappa shape index (κ3) is 4.65. The Morgan fingerprint density at radius 3 is 2.94 bits per heavy atom. The molecule has 1 saturated heterocycles. The summed E-state index contributed by atoms with van der Waals surface area (Å²) in [6, 6.07) is 3.44. The van der Waals surface area contributed by atoms with E-state index in [4.69, 9.17) is 9.90 Å². The molecule has 0 radical (unpaired) electrons. The fraction of sp³-hybridized carbons (Fsp3) is 0.391. The third-order valence-corrected chi connectivity index (χ3v) is 6.09. The number of hydrogen-bond acceptors (Lipinski definition) is 6. The number of piperazine rings is 1. The zero-order valence-corrected chi connectivity index (χ0v) is 19.2. The van der Waals surface area contributed by atoms with Crippen LogP contribution in [-0.4, -0.2) is 64.2 Å². The van der Waals surface area contributed by atoms with E-state index in [2.05, 4.69) is 32.4 Å². The summed E-state index contributed by atoms with van der Waals surface area (Å²) in [5.74, 6) is 0.139. The fourth-order valence-corrected chi connectivity index (χ4v) is 4.50. The van der Waals surface area contributed by atoms with Crippen LogP contribution in [0.5, 0.6) is 0 Å². The Balaban J connectivity index is 0.000000868. The van der Waals surface area contributed by atoms with Gasteiger partial charge in [-0.2, -0.15) is 0 Å². The molecule has 2 amide bonds. The Bertz CT molecular complexity index is 1200. The van der Waals surface area contributed by atoms with Crippen molar-refractivity contribution in [1.29, 1.82) is 0 Å². The molecule has 0 spiro atoms. The summed E-state index contributed by atoms with van der Waals surface area (Å²) in [5.41, 5.74) is 3.63. The van der Waals surface area contributed by atoms with Crippen molar-refractivity contribution in [3.63, 3.8) is 0 Å².